The number of nitrogens with one attached hydrogen (secondary N) is 2. The van der Waals surface area contributed by atoms with Crippen LogP contribution in [-0.2, 0) is 4.79 Å². The molecular formula is C16H19N3O2S. The highest BCUT2D eigenvalue weighted by Gasteiger charge is 2.17. The number of carbonyl (C=O) groups is 2. The Morgan fingerprint density at radius 1 is 1.32 bits per heavy atom. The van der Waals surface area contributed by atoms with Crippen molar-refractivity contribution in [3.8, 4) is 0 Å². The highest BCUT2D eigenvalue weighted by atomic mass is 32.2. The maximum atomic E-state index is 12.0. The highest BCUT2D eigenvalue weighted by molar-refractivity contribution is 8.00. The number of aryl methyl sites for hydroxylation is 1. The van der Waals surface area contributed by atoms with Crippen LogP contribution in [0.2, 0.25) is 0 Å². The van der Waals surface area contributed by atoms with E-state index in [9.17, 15) is 9.59 Å². The zero-order chi connectivity index (χ0) is 16.1. The predicted octanol–water partition coefficient (Wildman–Crippen LogP) is 2.87. The van der Waals surface area contributed by atoms with E-state index < -0.39 is 11.3 Å². The van der Waals surface area contributed by atoms with Gasteiger partial charge in [0.05, 0.1) is 15.8 Å². The molecule has 5 nitrogen and oxygen atoms in total. The van der Waals surface area contributed by atoms with Gasteiger partial charge in [-0.1, -0.05) is 30.0 Å². The molecule has 0 saturated carbocycles. The molecule has 1 aromatic carbocycles. The minimum absolute atomic E-state index is 0.330. The molecule has 0 fully saturated rings. The number of rotatable bonds is 4. The number of carbonyl (C=O) groups excluding carboxylic acids is 2. The molecule has 0 radical (unpaired) electrons. The molecule has 2 N–H and O–H groups in total. The quantitative estimate of drug-likeness (QED) is 0.851. The first-order valence-electron chi connectivity index (χ1n) is 7.13. The van der Waals surface area contributed by atoms with E-state index in [1.807, 2.05) is 37.3 Å². The van der Waals surface area contributed by atoms with Gasteiger partial charge in [0.2, 0.25) is 5.91 Å². The van der Waals surface area contributed by atoms with Crippen molar-refractivity contribution in [2.75, 3.05) is 6.54 Å². The van der Waals surface area contributed by atoms with Gasteiger partial charge < -0.3 is 5.32 Å². The zero-order valence-corrected chi connectivity index (χ0v) is 13.7. The van der Waals surface area contributed by atoms with Crippen molar-refractivity contribution in [2.24, 2.45) is 0 Å². The number of imide groups is 1. The summed E-state index contributed by atoms with van der Waals surface area (Å²) in [5, 5.41) is 6.32. The van der Waals surface area contributed by atoms with Gasteiger partial charge in [-0.2, -0.15) is 0 Å². The van der Waals surface area contributed by atoms with Gasteiger partial charge in [-0.3, -0.25) is 10.1 Å². The molecule has 0 aliphatic rings. The predicted molar refractivity (Wildman–Crippen MR) is 89.0 cm³/mol. The SMILES string of the molecule is CCNC(=O)NC(=O)[C@@H](C)Sc1cc(C)c2ccccc2n1. The fourth-order valence-electron chi connectivity index (χ4n) is 2.03. The lowest BCUT2D eigenvalue weighted by molar-refractivity contribution is -0.119. The van der Waals surface area contributed by atoms with Gasteiger partial charge in [0.1, 0.15) is 0 Å². The second-order valence-corrected chi connectivity index (χ2v) is 6.26. The minimum atomic E-state index is -0.470. The van der Waals surface area contributed by atoms with Crippen molar-refractivity contribution in [1.29, 1.82) is 0 Å². The molecule has 116 valence electrons. The van der Waals surface area contributed by atoms with Crippen LogP contribution in [0.25, 0.3) is 10.9 Å². The number of amides is 3. The normalized spacial score (nSPS) is 12.0. The molecule has 0 aliphatic heterocycles. The summed E-state index contributed by atoms with van der Waals surface area (Å²) in [7, 11) is 0. The molecule has 0 unspecified atom stereocenters. The minimum Gasteiger partial charge on any atom is -0.338 e. The molecule has 6 heteroatoms. The number of fused-ring (bicyclic) bond motifs is 1. The summed E-state index contributed by atoms with van der Waals surface area (Å²) in [5.74, 6) is -0.330. The molecule has 0 bridgehead atoms. The Bertz CT molecular complexity index is 703. The van der Waals surface area contributed by atoms with E-state index in [-0.39, 0.29) is 5.91 Å². The van der Waals surface area contributed by atoms with Crippen molar-refractivity contribution in [3.63, 3.8) is 0 Å². The third-order valence-corrected chi connectivity index (χ3v) is 4.16. The molecule has 2 aromatic rings. The lowest BCUT2D eigenvalue weighted by atomic mass is 10.1. The first-order chi connectivity index (χ1) is 10.5. The van der Waals surface area contributed by atoms with E-state index in [1.54, 1.807) is 13.8 Å². The van der Waals surface area contributed by atoms with E-state index in [1.165, 1.54) is 11.8 Å². The summed E-state index contributed by atoms with van der Waals surface area (Å²) in [6, 6.07) is 9.38. The number of hydrogen-bond acceptors (Lipinski definition) is 4. The molecular weight excluding hydrogens is 298 g/mol. The average Bonchev–Trinajstić information content (AvgIpc) is 2.47. The van der Waals surface area contributed by atoms with Crippen LogP contribution >= 0.6 is 11.8 Å². The molecule has 1 aromatic heterocycles. The first-order valence-corrected chi connectivity index (χ1v) is 8.01. The van der Waals surface area contributed by atoms with Crippen LogP contribution in [-0.4, -0.2) is 28.7 Å². The topological polar surface area (TPSA) is 71.1 Å². The van der Waals surface area contributed by atoms with E-state index in [0.717, 1.165) is 21.5 Å². The molecule has 1 heterocycles. The molecule has 22 heavy (non-hydrogen) atoms. The highest BCUT2D eigenvalue weighted by Crippen LogP contribution is 2.26. The van der Waals surface area contributed by atoms with Gasteiger partial charge in [-0.05, 0) is 38.5 Å². The number of urea groups is 1. The molecule has 0 saturated heterocycles. The summed E-state index contributed by atoms with van der Waals surface area (Å²) in [6.45, 7) is 6.05. The van der Waals surface area contributed by atoms with Gasteiger partial charge in [0.25, 0.3) is 0 Å². The summed E-state index contributed by atoms with van der Waals surface area (Å²) in [5.41, 5.74) is 2.02. The Morgan fingerprint density at radius 2 is 2.05 bits per heavy atom. The largest absolute Gasteiger partial charge is 0.338 e. The first kappa shape index (κ1) is 16.3. The average molecular weight is 317 g/mol. The van der Waals surface area contributed by atoms with Gasteiger partial charge in [0, 0.05) is 11.9 Å². The third-order valence-electron chi connectivity index (χ3n) is 3.14. The van der Waals surface area contributed by atoms with Crippen LogP contribution in [0.3, 0.4) is 0 Å². The van der Waals surface area contributed by atoms with Crippen LogP contribution in [0, 0.1) is 6.92 Å². The van der Waals surface area contributed by atoms with E-state index in [4.69, 9.17) is 0 Å². The number of thioether (sulfide) groups is 1. The van der Waals surface area contributed by atoms with Gasteiger partial charge >= 0.3 is 6.03 Å². The Hall–Kier alpha value is -2.08. The Labute approximate surface area is 133 Å². The van der Waals surface area contributed by atoms with Gasteiger partial charge in [0.15, 0.2) is 0 Å². The van der Waals surface area contributed by atoms with E-state index in [0.29, 0.717) is 6.54 Å². The van der Waals surface area contributed by atoms with Crippen LogP contribution in [0.15, 0.2) is 35.4 Å². The Morgan fingerprint density at radius 3 is 2.77 bits per heavy atom. The summed E-state index contributed by atoms with van der Waals surface area (Å²) >= 11 is 1.34. The number of benzene rings is 1. The van der Waals surface area contributed by atoms with Crippen molar-refractivity contribution in [2.45, 2.75) is 31.0 Å². The fourth-order valence-corrected chi connectivity index (χ4v) is 2.96. The van der Waals surface area contributed by atoms with Crippen LogP contribution in [0.5, 0.6) is 0 Å². The van der Waals surface area contributed by atoms with E-state index >= 15 is 0 Å². The lowest BCUT2D eigenvalue weighted by Gasteiger charge is -2.12. The Balaban J connectivity index is 2.10. The van der Waals surface area contributed by atoms with Gasteiger partial charge in [-0.15, -0.1) is 0 Å². The second kappa shape index (κ2) is 7.26. The molecule has 0 aliphatic carbocycles. The molecule has 3 amide bonds. The van der Waals surface area contributed by atoms with Crippen molar-refractivity contribution < 1.29 is 9.59 Å². The Kier molecular flexibility index (Phi) is 5.38. The van der Waals surface area contributed by atoms with Crippen molar-refractivity contribution in [3.05, 3.63) is 35.9 Å². The van der Waals surface area contributed by atoms with Crippen LogP contribution in [0.4, 0.5) is 4.79 Å². The molecule has 0 spiro atoms. The second-order valence-electron chi connectivity index (χ2n) is 4.90. The number of aromatic nitrogens is 1. The number of hydrogen-bond donors (Lipinski definition) is 2. The summed E-state index contributed by atoms with van der Waals surface area (Å²) in [4.78, 5) is 27.9. The maximum Gasteiger partial charge on any atom is 0.321 e. The fraction of sp³-hybridized carbons (Fsp3) is 0.312. The number of nitrogens with zero attached hydrogens (tertiary/aromatic N) is 1. The zero-order valence-electron chi connectivity index (χ0n) is 12.8. The van der Waals surface area contributed by atoms with Crippen molar-refractivity contribution >= 4 is 34.6 Å². The lowest BCUT2D eigenvalue weighted by Crippen LogP contribution is -2.42. The summed E-state index contributed by atoms with van der Waals surface area (Å²) in [6.07, 6.45) is 0. The van der Waals surface area contributed by atoms with E-state index in [2.05, 4.69) is 15.6 Å². The smallest absolute Gasteiger partial charge is 0.321 e. The number of pyridine rings is 1. The summed E-state index contributed by atoms with van der Waals surface area (Å²) < 4.78 is 0. The standard InChI is InChI=1S/C16H19N3O2S/c1-4-17-16(21)19-15(20)11(3)22-14-9-10(2)12-7-5-6-8-13(12)18-14/h5-9,11H,4H2,1-3H3,(H2,17,19,20,21)/t11-/m1/s1. The van der Waals surface area contributed by atoms with Crippen LogP contribution < -0.4 is 10.6 Å². The molecule has 1 atom stereocenters. The third kappa shape index (κ3) is 3.98. The number of para-hydroxylation sites is 1. The van der Waals surface area contributed by atoms with Crippen molar-refractivity contribution in [1.82, 2.24) is 15.6 Å². The monoisotopic (exact) mass is 317 g/mol. The maximum absolute atomic E-state index is 12.0. The molecule has 2 rings (SSSR count). The van der Waals surface area contributed by atoms with Gasteiger partial charge in [-0.25, -0.2) is 9.78 Å². The van der Waals surface area contributed by atoms with Crippen LogP contribution in [0.1, 0.15) is 19.4 Å².